The topological polar surface area (TPSA) is 47.0 Å². The minimum Gasteiger partial charge on any atom is -0.263 e. The molecule has 0 fully saturated rings. The molecule has 3 nitrogen and oxygen atoms in total. The first-order valence-electron chi connectivity index (χ1n) is 2.95. The first kappa shape index (κ1) is 9.04. The molecule has 0 saturated carbocycles. The summed E-state index contributed by atoms with van der Waals surface area (Å²) in [5.41, 5.74) is 0.515. The SMILES string of the molecule is O=S(=O)(Cl)C#Cc1cccnc1. The van der Waals surface area contributed by atoms with Crippen molar-refractivity contribution in [1.82, 2.24) is 4.98 Å². The lowest BCUT2D eigenvalue weighted by molar-refractivity contribution is 0.618. The summed E-state index contributed by atoms with van der Waals surface area (Å²) in [6.45, 7) is 0. The smallest absolute Gasteiger partial charge is 0.263 e. The van der Waals surface area contributed by atoms with E-state index >= 15 is 0 Å². The van der Waals surface area contributed by atoms with Crippen LogP contribution >= 0.6 is 10.7 Å². The van der Waals surface area contributed by atoms with Gasteiger partial charge in [0.1, 0.15) is 0 Å². The Morgan fingerprint density at radius 3 is 2.75 bits per heavy atom. The fourth-order valence-electron chi connectivity index (χ4n) is 0.557. The van der Waals surface area contributed by atoms with Gasteiger partial charge < -0.3 is 0 Å². The van der Waals surface area contributed by atoms with Crippen LogP contribution in [0.25, 0.3) is 0 Å². The molecule has 0 aliphatic rings. The van der Waals surface area contributed by atoms with E-state index in [4.69, 9.17) is 10.7 Å². The van der Waals surface area contributed by atoms with E-state index in [-0.39, 0.29) is 0 Å². The maximum absolute atomic E-state index is 10.4. The van der Waals surface area contributed by atoms with Gasteiger partial charge in [-0.05, 0) is 18.1 Å². The van der Waals surface area contributed by atoms with Crippen molar-refractivity contribution < 1.29 is 8.42 Å². The van der Waals surface area contributed by atoms with Crippen LogP contribution in [0.4, 0.5) is 0 Å². The van der Waals surface area contributed by atoms with E-state index in [2.05, 4.69) is 10.9 Å². The average molecular weight is 202 g/mol. The molecule has 0 saturated heterocycles. The molecule has 0 aromatic carbocycles. The number of hydrogen-bond donors (Lipinski definition) is 0. The third-order valence-electron chi connectivity index (χ3n) is 0.979. The van der Waals surface area contributed by atoms with E-state index in [1.54, 1.807) is 18.3 Å². The molecule has 0 radical (unpaired) electrons. The van der Waals surface area contributed by atoms with Gasteiger partial charge in [0.05, 0.1) is 0 Å². The van der Waals surface area contributed by atoms with Crippen molar-refractivity contribution in [3.63, 3.8) is 0 Å². The minimum atomic E-state index is -3.74. The van der Waals surface area contributed by atoms with Crippen LogP contribution in [0.3, 0.4) is 0 Å². The predicted molar refractivity (Wildman–Crippen MR) is 45.9 cm³/mol. The van der Waals surface area contributed by atoms with Crippen molar-refractivity contribution in [2.75, 3.05) is 0 Å². The Morgan fingerprint density at radius 2 is 2.25 bits per heavy atom. The monoisotopic (exact) mass is 201 g/mol. The summed E-state index contributed by atoms with van der Waals surface area (Å²) in [6, 6.07) is 3.30. The van der Waals surface area contributed by atoms with Crippen LogP contribution in [-0.2, 0) is 9.05 Å². The van der Waals surface area contributed by atoms with Gasteiger partial charge in [0.2, 0.25) is 0 Å². The standard InChI is InChI=1S/C7H4ClNO2S/c8-12(10,11)5-3-7-2-1-4-9-6-7/h1-2,4,6H. The van der Waals surface area contributed by atoms with Gasteiger partial charge in [-0.15, -0.1) is 0 Å². The molecular formula is C7H4ClNO2S. The Balaban J connectivity index is 2.96. The molecule has 0 aliphatic carbocycles. The number of aromatic nitrogens is 1. The fourth-order valence-corrected chi connectivity index (χ4v) is 0.912. The van der Waals surface area contributed by atoms with Gasteiger partial charge in [0.25, 0.3) is 0 Å². The van der Waals surface area contributed by atoms with Gasteiger partial charge in [0, 0.05) is 33.9 Å². The molecule has 1 aromatic heterocycles. The van der Waals surface area contributed by atoms with Crippen molar-refractivity contribution in [3.8, 4) is 11.2 Å². The van der Waals surface area contributed by atoms with E-state index in [0.717, 1.165) is 0 Å². The molecule has 12 heavy (non-hydrogen) atoms. The van der Waals surface area contributed by atoms with E-state index < -0.39 is 9.05 Å². The van der Waals surface area contributed by atoms with Crippen molar-refractivity contribution in [2.24, 2.45) is 0 Å². The van der Waals surface area contributed by atoms with E-state index in [1.807, 2.05) is 5.25 Å². The van der Waals surface area contributed by atoms with Gasteiger partial charge in [-0.1, -0.05) is 0 Å². The molecule has 0 aliphatic heterocycles. The molecule has 1 rings (SSSR count). The highest BCUT2D eigenvalue weighted by atomic mass is 35.7. The highest BCUT2D eigenvalue weighted by Crippen LogP contribution is 1.95. The molecule has 1 heterocycles. The zero-order valence-electron chi connectivity index (χ0n) is 5.86. The third kappa shape index (κ3) is 3.37. The predicted octanol–water partition coefficient (Wildman–Crippen LogP) is 0.959. The molecular weight excluding hydrogens is 198 g/mol. The molecule has 1 aromatic rings. The lowest BCUT2D eigenvalue weighted by atomic mass is 10.3. The molecule has 0 atom stereocenters. The first-order valence-corrected chi connectivity index (χ1v) is 5.26. The van der Waals surface area contributed by atoms with Crippen molar-refractivity contribution in [1.29, 1.82) is 0 Å². The van der Waals surface area contributed by atoms with Gasteiger partial charge in [-0.25, -0.2) is 0 Å². The van der Waals surface area contributed by atoms with Crippen LogP contribution in [0.1, 0.15) is 5.56 Å². The minimum absolute atomic E-state index is 0.515. The van der Waals surface area contributed by atoms with Crippen LogP contribution in [0.2, 0.25) is 0 Å². The van der Waals surface area contributed by atoms with E-state index in [9.17, 15) is 8.42 Å². The largest absolute Gasteiger partial charge is 0.301 e. The van der Waals surface area contributed by atoms with Crippen LogP contribution < -0.4 is 0 Å². The van der Waals surface area contributed by atoms with Crippen LogP contribution in [0.5, 0.6) is 0 Å². The summed E-state index contributed by atoms with van der Waals surface area (Å²) in [6.07, 6.45) is 3.02. The van der Waals surface area contributed by atoms with Crippen LogP contribution in [0.15, 0.2) is 24.5 Å². The number of hydrogen-bond acceptors (Lipinski definition) is 3. The number of halogens is 1. The Kier molecular flexibility index (Phi) is 2.69. The van der Waals surface area contributed by atoms with Gasteiger partial charge in [0.15, 0.2) is 0 Å². The number of rotatable bonds is 0. The second-order valence-electron chi connectivity index (χ2n) is 1.91. The Bertz CT molecular complexity index is 416. The Labute approximate surface area is 74.8 Å². The maximum Gasteiger partial charge on any atom is 0.301 e. The number of nitrogens with zero attached hydrogens (tertiary/aromatic N) is 1. The molecule has 0 unspecified atom stereocenters. The average Bonchev–Trinajstić information content (AvgIpc) is 2.02. The molecule has 0 N–H and O–H groups in total. The number of pyridine rings is 1. The normalized spacial score (nSPS) is 10.1. The zero-order valence-corrected chi connectivity index (χ0v) is 7.43. The molecule has 0 bridgehead atoms. The van der Waals surface area contributed by atoms with Crippen molar-refractivity contribution >= 4 is 19.7 Å². The fraction of sp³-hybridized carbons (Fsp3) is 0. The quantitative estimate of drug-likeness (QED) is 0.464. The third-order valence-corrected chi connectivity index (χ3v) is 1.56. The summed E-state index contributed by atoms with van der Waals surface area (Å²) in [5, 5.41) is 1.89. The van der Waals surface area contributed by atoms with Crippen LogP contribution in [0, 0.1) is 11.2 Å². The molecule has 62 valence electrons. The van der Waals surface area contributed by atoms with Gasteiger partial charge >= 0.3 is 9.05 Å². The lowest BCUT2D eigenvalue weighted by Gasteiger charge is -1.83. The van der Waals surface area contributed by atoms with Gasteiger partial charge in [-0.2, -0.15) is 8.42 Å². The van der Waals surface area contributed by atoms with Crippen molar-refractivity contribution in [3.05, 3.63) is 30.1 Å². The van der Waals surface area contributed by atoms with Crippen LogP contribution in [-0.4, -0.2) is 13.4 Å². The Hall–Kier alpha value is -1.05. The molecule has 0 spiro atoms. The highest BCUT2D eigenvalue weighted by molar-refractivity contribution is 8.17. The summed E-state index contributed by atoms with van der Waals surface area (Å²) in [7, 11) is 1.12. The Morgan fingerprint density at radius 1 is 1.50 bits per heavy atom. The van der Waals surface area contributed by atoms with Crippen molar-refractivity contribution in [2.45, 2.75) is 0 Å². The van der Waals surface area contributed by atoms with Gasteiger partial charge in [-0.3, -0.25) is 4.98 Å². The summed E-state index contributed by atoms with van der Waals surface area (Å²) >= 11 is 0. The summed E-state index contributed by atoms with van der Waals surface area (Å²) in [4.78, 5) is 3.74. The summed E-state index contributed by atoms with van der Waals surface area (Å²) in [5.74, 6) is 2.35. The maximum atomic E-state index is 10.4. The van der Waals surface area contributed by atoms with E-state index in [1.165, 1.54) is 6.20 Å². The summed E-state index contributed by atoms with van der Waals surface area (Å²) < 4.78 is 20.8. The van der Waals surface area contributed by atoms with E-state index in [0.29, 0.717) is 5.56 Å². The second kappa shape index (κ2) is 3.57. The lowest BCUT2D eigenvalue weighted by Crippen LogP contribution is -1.81. The first-order chi connectivity index (χ1) is 5.58. The molecule has 5 heteroatoms. The zero-order chi connectivity index (χ0) is 9.03. The molecule has 0 amide bonds. The highest BCUT2D eigenvalue weighted by Gasteiger charge is 1.94. The second-order valence-corrected chi connectivity index (χ2v) is 4.21.